The molecule has 0 aliphatic heterocycles. The lowest BCUT2D eigenvalue weighted by atomic mass is 10.3. The highest BCUT2D eigenvalue weighted by Crippen LogP contribution is 2.09. The average Bonchev–Trinajstić information content (AvgIpc) is 3.10. The Morgan fingerprint density at radius 3 is 2.77 bits per heavy atom. The van der Waals surface area contributed by atoms with E-state index in [1.165, 1.54) is 4.88 Å². The zero-order valence-electron chi connectivity index (χ0n) is 13.4. The van der Waals surface area contributed by atoms with Gasteiger partial charge in [-0.05, 0) is 24.8 Å². The van der Waals surface area contributed by atoms with E-state index in [0.29, 0.717) is 6.54 Å². The number of aromatic nitrogens is 3. The summed E-state index contributed by atoms with van der Waals surface area (Å²) in [6.07, 6.45) is 1.03. The Morgan fingerprint density at radius 2 is 2.23 bits per heavy atom. The number of nitrogens with one attached hydrogen (secondary N) is 1. The molecule has 0 aromatic carbocycles. The molecular weight excluding hydrogens is 411 g/mol. The van der Waals surface area contributed by atoms with Crippen LogP contribution in [0.4, 0.5) is 0 Å². The summed E-state index contributed by atoms with van der Waals surface area (Å²) >= 11 is 1.79. The van der Waals surface area contributed by atoms with Gasteiger partial charge in [-0.25, -0.2) is 0 Å². The summed E-state index contributed by atoms with van der Waals surface area (Å²) in [6.45, 7) is 3.49. The van der Waals surface area contributed by atoms with Crippen LogP contribution < -0.4 is 5.32 Å². The third-order valence-corrected chi connectivity index (χ3v) is 4.37. The molecule has 0 aliphatic rings. The van der Waals surface area contributed by atoms with Crippen molar-refractivity contribution >= 4 is 41.3 Å². The van der Waals surface area contributed by atoms with Crippen LogP contribution in [0.2, 0.25) is 0 Å². The molecule has 0 saturated heterocycles. The number of hydrogen-bond acceptors (Lipinski definition) is 4. The summed E-state index contributed by atoms with van der Waals surface area (Å²) in [5, 5.41) is 13.6. The highest BCUT2D eigenvalue weighted by atomic mass is 127. The number of guanidine groups is 1. The first-order chi connectivity index (χ1) is 10.1. The van der Waals surface area contributed by atoms with E-state index in [2.05, 4.69) is 42.9 Å². The van der Waals surface area contributed by atoms with E-state index in [1.807, 2.05) is 25.6 Å². The van der Waals surface area contributed by atoms with Crippen molar-refractivity contribution < 1.29 is 0 Å². The number of likely N-dealkylation sites (N-methyl/N-ethyl adjacent to an activating group) is 1. The van der Waals surface area contributed by atoms with E-state index in [4.69, 9.17) is 0 Å². The van der Waals surface area contributed by atoms with Crippen LogP contribution in [0.1, 0.15) is 16.5 Å². The van der Waals surface area contributed by atoms with E-state index >= 15 is 0 Å². The summed E-state index contributed by atoms with van der Waals surface area (Å²) in [6, 6.07) is 4.25. The smallest absolute Gasteiger partial charge is 0.193 e. The summed E-state index contributed by atoms with van der Waals surface area (Å²) in [4.78, 5) is 7.83. The molecule has 0 amide bonds. The van der Waals surface area contributed by atoms with Gasteiger partial charge in [-0.1, -0.05) is 6.07 Å². The molecule has 0 saturated carbocycles. The van der Waals surface area contributed by atoms with Gasteiger partial charge in [-0.15, -0.1) is 45.5 Å². The van der Waals surface area contributed by atoms with Crippen molar-refractivity contribution in [2.75, 3.05) is 20.6 Å². The van der Waals surface area contributed by atoms with Gasteiger partial charge in [0.2, 0.25) is 0 Å². The van der Waals surface area contributed by atoms with Gasteiger partial charge >= 0.3 is 0 Å². The third-order valence-electron chi connectivity index (χ3n) is 3.43. The zero-order chi connectivity index (χ0) is 15.2. The Hall–Kier alpha value is -1.16. The molecule has 0 atom stereocenters. The second-order valence-electron chi connectivity index (χ2n) is 4.87. The number of halogens is 1. The fourth-order valence-electron chi connectivity index (χ4n) is 1.99. The normalized spacial score (nSPS) is 11.2. The molecular formula is C14H23IN6S. The van der Waals surface area contributed by atoms with E-state index in [9.17, 15) is 0 Å². The fourth-order valence-corrected chi connectivity index (χ4v) is 2.68. The molecule has 2 aromatic heterocycles. The third kappa shape index (κ3) is 4.94. The molecule has 0 unspecified atom stereocenters. The van der Waals surface area contributed by atoms with Crippen LogP contribution >= 0.6 is 35.3 Å². The lowest BCUT2D eigenvalue weighted by molar-refractivity contribution is 0.484. The van der Waals surface area contributed by atoms with Gasteiger partial charge in [0.25, 0.3) is 0 Å². The van der Waals surface area contributed by atoms with E-state index in [0.717, 1.165) is 30.6 Å². The molecule has 2 rings (SSSR count). The van der Waals surface area contributed by atoms with Crippen LogP contribution in [0.25, 0.3) is 0 Å². The second kappa shape index (κ2) is 9.09. The number of nitrogens with zero attached hydrogens (tertiary/aromatic N) is 5. The molecule has 2 heterocycles. The summed E-state index contributed by atoms with van der Waals surface area (Å²) < 4.78 is 1.98. The highest BCUT2D eigenvalue weighted by molar-refractivity contribution is 14.0. The Kier molecular flexibility index (Phi) is 7.80. The summed E-state index contributed by atoms with van der Waals surface area (Å²) in [5.74, 6) is 2.68. The van der Waals surface area contributed by atoms with Crippen molar-refractivity contribution in [1.29, 1.82) is 0 Å². The van der Waals surface area contributed by atoms with Gasteiger partial charge in [0.15, 0.2) is 11.8 Å². The van der Waals surface area contributed by atoms with Crippen molar-refractivity contribution in [2.24, 2.45) is 12.0 Å². The van der Waals surface area contributed by atoms with Crippen molar-refractivity contribution in [3.63, 3.8) is 0 Å². The Labute approximate surface area is 152 Å². The van der Waals surface area contributed by atoms with Gasteiger partial charge in [0.1, 0.15) is 5.82 Å². The lowest BCUT2D eigenvalue weighted by Gasteiger charge is -2.21. The van der Waals surface area contributed by atoms with Crippen LogP contribution in [0, 0.1) is 6.92 Å². The number of aryl methyl sites for hydroxylation is 1. The van der Waals surface area contributed by atoms with Gasteiger partial charge in [0.05, 0.1) is 6.54 Å². The maximum atomic E-state index is 4.32. The minimum absolute atomic E-state index is 0. The molecule has 0 bridgehead atoms. The van der Waals surface area contributed by atoms with E-state index in [-0.39, 0.29) is 24.0 Å². The molecule has 0 aliphatic carbocycles. The largest absolute Gasteiger partial charge is 0.349 e. The molecule has 6 nitrogen and oxygen atoms in total. The van der Waals surface area contributed by atoms with Crippen molar-refractivity contribution in [1.82, 2.24) is 25.0 Å². The van der Waals surface area contributed by atoms with Gasteiger partial charge in [-0.2, -0.15) is 0 Å². The standard InChI is InChI=1S/C14H22N6S.HI/c1-11-17-18-13(20(11)4)10-16-14(15-2)19(3)8-7-12-6-5-9-21-12;/h5-6,9H,7-8,10H2,1-4H3,(H,15,16);1H. The average molecular weight is 434 g/mol. The van der Waals surface area contributed by atoms with Crippen molar-refractivity contribution in [3.05, 3.63) is 34.0 Å². The van der Waals surface area contributed by atoms with Crippen molar-refractivity contribution in [3.8, 4) is 0 Å². The van der Waals surface area contributed by atoms with Gasteiger partial charge < -0.3 is 14.8 Å². The van der Waals surface area contributed by atoms with Crippen LogP contribution in [0.3, 0.4) is 0 Å². The number of hydrogen-bond donors (Lipinski definition) is 1. The van der Waals surface area contributed by atoms with Crippen molar-refractivity contribution in [2.45, 2.75) is 19.9 Å². The number of thiophene rings is 1. The molecule has 8 heteroatoms. The monoisotopic (exact) mass is 434 g/mol. The first-order valence-electron chi connectivity index (χ1n) is 6.91. The van der Waals surface area contributed by atoms with Gasteiger partial charge in [0, 0.05) is 32.6 Å². The van der Waals surface area contributed by atoms with Crippen LogP contribution in [0.15, 0.2) is 22.5 Å². The molecule has 0 radical (unpaired) electrons. The van der Waals surface area contributed by atoms with E-state index < -0.39 is 0 Å². The number of aliphatic imine (C=N–C) groups is 1. The van der Waals surface area contributed by atoms with Crippen LogP contribution in [-0.2, 0) is 20.0 Å². The molecule has 0 fully saturated rings. The minimum atomic E-state index is 0. The predicted octanol–water partition coefficient (Wildman–Crippen LogP) is 2.05. The Morgan fingerprint density at radius 1 is 1.45 bits per heavy atom. The maximum absolute atomic E-state index is 4.32. The molecule has 122 valence electrons. The highest BCUT2D eigenvalue weighted by Gasteiger charge is 2.09. The molecule has 2 aromatic rings. The van der Waals surface area contributed by atoms with Crippen LogP contribution in [-0.4, -0.2) is 46.3 Å². The second-order valence-corrected chi connectivity index (χ2v) is 5.91. The summed E-state index contributed by atoms with van der Waals surface area (Å²) in [7, 11) is 5.81. The van der Waals surface area contributed by atoms with Gasteiger partial charge in [-0.3, -0.25) is 4.99 Å². The summed E-state index contributed by atoms with van der Waals surface area (Å²) in [5.41, 5.74) is 0. The maximum Gasteiger partial charge on any atom is 0.193 e. The molecule has 0 spiro atoms. The quantitative estimate of drug-likeness (QED) is 0.445. The Bertz CT molecular complexity index is 593. The predicted molar refractivity (Wildman–Crippen MR) is 102 cm³/mol. The molecule has 22 heavy (non-hydrogen) atoms. The fraction of sp³-hybridized carbons (Fsp3) is 0.500. The van der Waals surface area contributed by atoms with Crippen LogP contribution in [0.5, 0.6) is 0 Å². The zero-order valence-corrected chi connectivity index (χ0v) is 16.6. The first-order valence-corrected chi connectivity index (χ1v) is 7.78. The van der Waals surface area contributed by atoms with E-state index in [1.54, 1.807) is 18.4 Å². The topological polar surface area (TPSA) is 58.3 Å². The minimum Gasteiger partial charge on any atom is -0.349 e. The molecule has 1 N–H and O–H groups in total. The lowest BCUT2D eigenvalue weighted by Crippen LogP contribution is -2.39. The number of rotatable bonds is 5. The Balaban J connectivity index is 0.00000242. The SMILES string of the molecule is CN=C(NCc1nnc(C)n1C)N(C)CCc1cccs1.I. The first kappa shape index (κ1) is 18.9.